The highest BCUT2D eigenvalue weighted by atomic mass is 32.3. The fourth-order valence-corrected chi connectivity index (χ4v) is 9.60. The van der Waals surface area contributed by atoms with Gasteiger partial charge in [0.25, 0.3) is 0 Å². The lowest BCUT2D eigenvalue weighted by Gasteiger charge is -2.59. The predicted molar refractivity (Wildman–Crippen MR) is 129 cm³/mol. The molecule has 4 nitrogen and oxygen atoms in total. The van der Waals surface area contributed by atoms with Crippen LogP contribution in [0.3, 0.4) is 0 Å². The van der Waals surface area contributed by atoms with Gasteiger partial charge < -0.3 is 0 Å². The predicted octanol–water partition coefficient (Wildman–Crippen LogP) is 7.22. The zero-order valence-electron chi connectivity index (χ0n) is 21.0. The Labute approximate surface area is 196 Å². The molecule has 3 fully saturated rings. The van der Waals surface area contributed by atoms with E-state index < -0.39 is 16.5 Å². The summed E-state index contributed by atoms with van der Waals surface area (Å²) in [6.45, 7) is 12.0. The van der Waals surface area contributed by atoms with Gasteiger partial charge in [0, 0.05) is 5.41 Å². The highest BCUT2D eigenvalue weighted by molar-refractivity contribution is 7.80. The van der Waals surface area contributed by atoms with Crippen molar-refractivity contribution in [2.45, 2.75) is 111 Å². The summed E-state index contributed by atoms with van der Waals surface area (Å²) in [5.41, 5.74) is 1.53. The number of hydrogen-bond donors (Lipinski definition) is 1. The zero-order chi connectivity index (χ0) is 23.3. The molecule has 0 saturated heterocycles. The fourth-order valence-electron chi connectivity index (χ4n) is 9.01. The maximum Gasteiger partial charge on any atom is 0.397 e. The van der Waals surface area contributed by atoms with Gasteiger partial charge in [-0.3, -0.25) is 4.55 Å². The van der Waals surface area contributed by atoms with Crippen molar-refractivity contribution in [3.63, 3.8) is 0 Å². The van der Waals surface area contributed by atoms with E-state index in [9.17, 15) is 13.0 Å². The van der Waals surface area contributed by atoms with E-state index >= 15 is 0 Å². The molecular weight excluding hydrogens is 420 g/mol. The summed E-state index contributed by atoms with van der Waals surface area (Å²) < 4.78 is 38.2. The molecule has 0 amide bonds. The van der Waals surface area contributed by atoms with Gasteiger partial charge in [-0.25, -0.2) is 4.18 Å². The van der Waals surface area contributed by atoms with Crippen LogP contribution in [-0.4, -0.2) is 19.1 Å². The summed E-state index contributed by atoms with van der Waals surface area (Å²) in [5.74, 6) is 4.19. The highest BCUT2D eigenvalue weighted by Gasteiger charge is 2.61. The van der Waals surface area contributed by atoms with Crippen molar-refractivity contribution in [3.8, 4) is 0 Å². The minimum absolute atomic E-state index is 0.265. The van der Waals surface area contributed by atoms with E-state index in [0.29, 0.717) is 23.7 Å². The Balaban J connectivity index is 1.55. The van der Waals surface area contributed by atoms with Gasteiger partial charge in [0.05, 0.1) is 6.10 Å². The van der Waals surface area contributed by atoms with Crippen molar-refractivity contribution in [2.75, 3.05) is 0 Å². The largest absolute Gasteiger partial charge is 0.397 e. The fraction of sp³-hybridized carbons (Fsp3) is 0.926. The third-order valence-electron chi connectivity index (χ3n) is 10.6. The second kappa shape index (κ2) is 9.00. The maximum atomic E-state index is 11.7. The summed E-state index contributed by atoms with van der Waals surface area (Å²) >= 11 is 0. The Morgan fingerprint density at radius 2 is 1.84 bits per heavy atom. The van der Waals surface area contributed by atoms with Crippen LogP contribution in [0.25, 0.3) is 0 Å². The topological polar surface area (TPSA) is 63.6 Å². The summed E-state index contributed by atoms with van der Waals surface area (Å²) in [4.78, 5) is 0. The van der Waals surface area contributed by atoms with Crippen molar-refractivity contribution < 1.29 is 17.2 Å². The second-order valence-electron chi connectivity index (χ2n) is 12.6. The molecule has 4 rings (SSSR count). The number of hydrogen-bond acceptors (Lipinski definition) is 3. The SMILES string of the molecule is CC(C)CCC[C@@H](C)[C@H]1CC[C@H]2[C@@H]3CC=C4CCCC(OS(=O)(=O)O)[C@]4(C)[C@H]3CC[C@]12C. The van der Waals surface area contributed by atoms with Gasteiger partial charge in [-0.05, 0) is 92.3 Å². The van der Waals surface area contributed by atoms with Crippen LogP contribution in [0.5, 0.6) is 0 Å². The van der Waals surface area contributed by atoms with Crippen molar-refractivity contribution >= 4 is 10.4 Å². The lowest BCUT2D eigenvalue weighted by Crippen LogP contribution is -2.55. The molecule has 5 heteroatoms. The molecule has 0 aromatic carbocycles. The number of rotatable bonds is 7. The number of fused-ring (bicyclic) bond motifs is 5. The average Bonchev–Trinajstić information content (AvgIpc) is 3.04. The zero-order valence-corrected chi connectivity index (χ0v) is 21.8. The van der Waals surface area contributed by atoms with Gasteiger partial charge in [0.2, 0.25) is 0 Å². The van der Waals surface area contributed by atoms with Crippen molar-refractivity contribution in [3.05, 3.63) is 11.6 Å². The molecule has 1 N–H and O–H groups in total. The van der Waals surface area contributed by atoms with E-state index in [4.69, 9.17) is 4.18 Å². The van der Waals surface area contributed by atoms with Gasteiger partial charge in [-0.1, -0.05) is 65.5 Å². The van der Waals surface area contributed by atoms with Gasteiger partial charge in [-0.15, -0.1) is 0 Å². The lowest BCUT2D eigenvalue weighted by atomic mass is 9.46. The molecule has 0 spiro atoms. The first kappa shape index (κ1) is 24.7. The molecule has 4 aliphatic carbocycles. The normalized spacial score (nSPS) is 42.7. The Morgan fingerprint density at radius 3 is 2.53 bits per heavy atom. The van der Waals surface area contributed by atoms with Crippen LogP contribution in [0, 0.1) is 46.3 Å². The van der Waals surface area contributed by atoms with E-state index in [-0.39, 0.29) is 5.41 Å². The average molecular weight is 467 g/mol. The van der Waals surface area contributed by atoms with Crippen LogP contribution in [-0.2, 0) is 14.6 Å². The van der Waals surface area contributed by atoms with E-state index in [1.165, 1.54) is 44.1 Å². The van der Waals surface area contributed by atoms with E-state index in [1.54, 1.807) is 0 Å². The molecule has 32 heavy (non-hydrogen) atoms. The molecule has 0 aromatic rings. The van der Waals surface area contributed by atoms with E-state index in [0.717, 1.165) is 49.4 Å². The first-order valence-electron chi connectivity index (χ1n) is 13.3. The number of allylic oxidation sites excluding steroid dienone is 1. The Bertz CT molecular complexity index is 818. The standard InChI is InChI=1S/C27H46O4S/c1-18(2)8-6-9-19(3)22-14-15-23-21-13-12-20-10-7-11-25(31-32(28,29)30)27(20,5)24(21)16-17-26(22,23)4/h12,18-19,21-25H,6-11,13-17H2,1-5H3,(H,28,29,30)/t19-,21+,22-,23+,24+,25?,26-,27+/m1/s1. The van der Waals surface area contributed by atoms with Gasteiger partial charge in [0.1, 0.15) is 0 Å². The maximum absolute atomic E-state index is 11.7. The van der Waals surface area contributed by atoms with Crippen molar-refractivity contribution in [2.24, 2.45) is 46.3 Å². The van der Waals surface area contributed by atoms with Crippen molar-refractivity contribution in [1.82, 2.24) is 0 Å². The molecular formula is C27H46O4S. The third kappa shape index (κ3) is 4.35. The third-order valence-corrected chi connectivity index (χ3v) is 11.0. The van der Waals surface area contributed by atoms with Gasteiger partial charge in [0.15, 0.2) is 0 Å². The molecule has 1 unspecified atom stereocenters. The molecule has 184 valence electrons. The molecule has 0 aromatic heterocycles. The van der Waals surface area contributed by atoms with Crippen molar-refractivity contribution in [1.29, 1.82) is 0 Å². The summed E-state index contributed by atoms with van der Waals surface area (Å²) in [5, 5.41) is 0. The quantitative estimate of drug-likeness (QED) is 0.318. The van der Waals surface area contributed by atoms with Crippen LogP contribution < -0.4 is 0 Å². The first-order valence-corrected chi connectivity index (χ1v) is 14.7. The minimum atomic E-state index is -4.44. The van der Waals surface area contributed by atoms with Gasteiger partial charge in [-0.2, -0.15) is 8.42 Å². The van der Waals surface area contributed by atoms with E-state index in [2.05, 4.69) is 40.7 Å². The first-order chi connectivity index (χ1) is 15.0. The second-order valence-corrected chi connectivity index (χ2v) is 13.6. The molecule has 0 heterocycles. The van der Waals surface area contributed by atoms with Crippen LogP contribution in [0.4, 0.5) is 0 Å². The Hall–Kier alpha value is -0.390. The summed E-state index contributed by atoms with van der Waals surface area (Å²) in [7, 11) is -4.44. The molecule has 3 saturated carbocycles. The molecule has 8 atom stereocenters. The molecule has 0 aliphatic heterocycles. The molecule has 0 bridgehead atoms. The van der Waals surface area contributed by atoms with E-state index in [1.807, 2.05) is 0 Å². The Morgan fingerprint density at radius 1 is 1.09 bits per heavy atom. The van der Waals surface area contributed by atoms with Crippen LogP contribution in [0.15, 0.2) is 11.6 Å². The molecule has 4 aliphatic rings. The minimum Gasteiger partial charge on any atom is -0.264 e. The van der Waals surface area contributed by atoms with Crippen LogP contribution in [0.1, 0.15) is 105 Å². The highest BCUT2D eigenvalue weighted by Crippen LogP contribution is 2.67. The van der Waals surface area contributed by atoms with Crippen LogP contribution >= 0.6 is 0 Å². The Kier molecular flexibility index (Phi) is 6.95. The lowest BCUT2D eigenvalue weighted by molar-refractivity contribution is -0.0863. The smallest absolute Gasteiger partial charge is 0.264 e. The monoisotopic (exact) mass is 466 g/mol. The van der Waals surface area contributed by atoms with Crippen LogP contribution in [0.2, 0.25) is 0 Å². The summed E-state index contributed by atoms with van der Waals surface area (Å²) in [6.07, 6.45) is 15.0. The molecule has 0 radical (unpaired) electrons. The van der Waals surface area contributed by atoms with Gasteiger partial charge >= 0.3 is 10.4 Å². The summed E-state index contributed by atoms with van der Waals surface area (Å²) in [6, 6.07) is 0.